The molecule has 1 heterocycles. The molecular weight excluding hydrogens is 362 g/mol. The average Bonchev–Trinajstić information content (AvgIpc) is 2.78. The molecule has 4 rings (SSSR count). The second-order valence-electron chi connectivity index (χ2n) is 7.36. The summed E-state index contributed by atoms with van der Waals surface area (Å²) in [7, 11) is 3.19. The van der Waals surface area contributed by atoms with Crippen LogP contribution in [0.5, 0.6) is 11.5 Å². The van der Waals surface area contributed by atoms with Gasteiger partial charge in [-0.25, -0.2) is 0 Å². The van der Waals surface area contributed by atoms with E-state index < -0.39 is 0 Å². The Bertz CT molecular complexity index is 1000. The first kappa shape index (κ1) is 19.1. The largest absolute Gasteiger partial charge is 0.497 e. The second-order valence-corrected chi connectivity index (χ2v) is 7.36. The number of methoxy groups -OCH3 is 2. The highest BCUT2D eigenvalue weighted by molar-refractivity contribution is 5.96. The summed E-state index contributed by atoms with van der Waals surface area (Å²) < 4.78 is 10.7. The summed E-state index contributed by atoms with van der Waals surface area (Å²) >= 11 is 0. The fourth-order valence-corrected chi connectivity index (χ4v) is 3.99. The molecule has 0 saturated heterocycles. The first-order valence-electron chi connectivity index (χ1n) is 9.79. The van der Waals surface area contributed by atoms with Gasteiger partial charge in [0.15, 0.2) is 0 Å². The predicted octanol–water partition coefficient (Wildman–Crippen LogP) is 4.80. The lowest BCUT2D eigenvalue weighted by Crippen LogP contribution is -2.40. The van der Waals surface area contributed by atoms with E-state index in [1.54, 1.807) is 32.4 Å². The Morgan fingerprint density at radius 2 is 1.59 bits per heavy atom. The van der Waals surface area contributed by atoms with Crippen LogP contribution in [-0.4, -0.2) is 31.6 Å². The van der Waals surface area contributed by atoms with Crippen LogP contribution in [0.25, 0.3) is 0 Å². The molecule has 0 N–H and O–H groups in total. The van der Waals surface area contributed by atoms with Crippen LogP contribution in [0, 0.1) is 6.92 Å². The van der Waals surface area contributed by atoms with Gasteiger partial charge in [0, 0.05) is 18.2 Å². The highest BCUT2D eigenvalue weighted by Gasteiger charge is 2.32. The summed E-state index contributed by atoms with van der Waals surface area (Å²) in [6.07, 6.45) is 0.839. The molecule has 0 aliphatic carbocycles. The maximum Gasteiger partial charge on any atom is 0.254 e. The monoisotopic (exact) mass is 387 g/mol. The average molecular weight is 387 g/mol. The molecule has 0 fully saturated rings. The summed E-state index contributed by atoms with van der Waals surface area (Å²) in [6.45, 7) is 2.73. The minimum atomic E-state index is -0.120. The Balaban J connectivity index is 1.79. The second kappa shape index (κ2) is 8.00. The number of nitrogens with zero attached hydrogens (tertiary/aromatic N) is 1. The lowest BCUT2D eigenvalue weighted by molar-refractivity contribution is 0.0694. The third-order valence-corrected chi connectivity index (χ3v) is 5.54. The standard InChI is InChI=1S/C25H25NO3/c1-17-8-10-19(11-9-17)24-23-7-5-4-6-18(23)12-13-26(24)25(27)20-14-21(28-2)16-22(15-20)29-3/h4-11,14-16,24H,12-13H2,1-3H3/t24-/m1/s1. The molecule has 0 unspecified atom stereocenters. The maximum absolute atomic E-state index is 13.6. The van der Waals surface area contributed by atoms with Gasteiger partial charge in [0.05, 0.1) is 20.3 Å². The Morgan fingerprint density at radius 3 is 2.24 bits per heavy atom. The molecule has 1 atom stereocenters. The lowest BCUT2D eigenvalue weighted by Gasteiger charge is -2.38. The molecule has 148 valence electrons. The molecule has 4 nitrogen and oxygen atoms in total. The molecule has 0 spiro atoms. The zero-order chi connectivity index (χ0) is 20.4. The number of ether oxygens (including phenoxy) is 2. The van der Waals surface area contributed by atoms with E-state index >= 15 is 0 Å². The quantitative estimate of drug-likeness (QED) is 0.645. The zero-order valence-electron chi connectivity index (χ0n) is 17.0. The fraction of sp³-hybridized carbons (Fsp3) is 0.240. The molecule has 1 aliphatic rings. The molecular formula is C25H25NO3. The number of carbonyl (C=O) groups is 1. The maximum atomic E-state index is 13.6. The highest BCUT2D eigenvalue weighted by Crippen LogP contribution is 2.37. The summed E-state index contributed by atoms with van der Waals surface area (Å²) in [5, 5.41) is 0. The Kier molecular flexibility index (Phi) is 5.26. The third kappa shape index (κ3) is 3.70. The molecule has 1 amide bonds. The van der Waals surface area contributed by atoms with Gasteiger partial charge in [-0.05, 0) is 42.2 Å². The first-order chi connectivity index (χ1) is 14.1. The number of aryl methyl sites for hydroxylation is 1. The minimum Gasteiger partial charge on any atom is -0.497 e. The number of amides is 1. The van der Waals surface area contributed by atoms with Gasteiger partial charge in [-0.15, -0.1) is 0 Å². The van der Waals surface area contributed by atoms with Crippen molar-refractivity contribution < 1.29 is 14.3 Å². The topological polar surface area (TPSA) is 38.8 Å². The van der Waals surface area contributed by atoms with E-state index in [1.807, 2.05) is 11.0 Å². The Morgan fingerprint density at radius 1 is 0.931 bits per heavy atom. The van der Waals surface area contributed by atoms with E-state index in [0.717, 1.165) is 12.0 Å². The van der Waals surface area contributed by atoms with Crippen molar-refractivity contribution in [3.63, 3.8) is 0 Å². The highest BCUT2D eigenvalue weighted by atomic mass is 16.5. The molecule has 3 aromatic rings. The van der Waals surface area contributed by atoms with E-state index in [9.17, 15) is 4.79 Å². The lowest BCUT2D eigenvalue weighted by atomic mass is 9.87. The number of hydrogen-bond donors (Lipinski definition) is 0. The van der Waals surface area contributed by atoms with E-state index in [2.05, 4.69) is 49.4 Å². The summed E-state index contributed by atoms with van der Waals surface area (Å²) in [4.78, 5) is 15.6. The van der Waals surface area contributed by atoms with Gasteiger partial charge < -0.3 is 14.4 Å². The Labute approximate surface area is 171 Å². The Hall–Kier alpha value is -3.27. The molecule has 0 bridgehead atoms. The van der Waals surface area contributed by atoms with Crippen LogP contribution in [0.1, 0.15) is 38.7 Å². The first-order valence-corrected chi connectivity index (χ1v) is 9.79. The SMILES string of the molecule is COc1cc(OC)cc(C(=O)N2CCc3ccccc3[C@H]2c2ccc(C)cc2)c1. The van der Waals surface area contributed by atoms with Gasteiger partial charge >= 0.3 is 0 Å². The summed E-state index contributed by atoms with van der Waals surface area (Å²) in [5.74, 6) is 1.19. The van der Waals surface area contributed by atoms with E-state index in [1.165, 1.54) is 16.7 Å². The van der Waals surface area contributed by atoms with Gasteiger partial charge in [-0.3, -0.25) is 4.79 Å². The predicted molar refractivity (Wildman–Crippen MR) is 114 cm³/mol. The van der Waals surface area contributed by atoms with Gasteiger partial charge in [0.1, 0.15) is 11.5 Å². The fourth-order valence-electron chi connectivity index (χ4n) is 3.99. The number of hydrogen-bond acceptors (Lipinski definition) is 3. The van der Waals surface area contributed by atoms with Gasteiger partial charge in [-0.1, -0.05) is 54.1 Å². The molecule has 1 aliphatic heterocycles. The third-order valence-electron chi connectivity index (χ3n) is 5.54. The van der Waals surface area contributed by atoms with Crippen LogP contribution in [0.4, 0.5) is 0 Å². The van der Waals surface area contributed by atoms with Crippen molar-refractivity contribution in [1.29, 1.82) is 0 Å². The van der Waals surface area contributed by atoms with E-state index in [-0.39, 0.29) is 11.9 Å². The van der Waals surface area contributed by atoms with Crippen molar-refractivity contribution in [1.82, 2.24) is 4.90 Å². The molecule has 3 aromatic carbocycles. The number of rotatable bonds is 4. The molecule has 0 aromatic heterocycles. The number of benzene rings is 3. The summed E-state index contributed by atoms with van der Waals surface area (Å²) in [6, 6.07) is 22.0. The minimum absolute atomic E-state index is 0.0257. The van der Waals surface area contributed by atoms with Crippen LogP contribution in [0.3, 0.4) is 0 Å². The van der Waals surface area contributed by atoms with Crippen molar-refractivity contribution in [3.05, 3.63) is 94.5 Å². The van der Waals surface area contributed by atoms with E-state index in [4.69, 9.17) is 9.47 Å². The van der Waals surface area contributed by atoms with Gasteiger partial charge in [-0.2, -0.15) is 0 Å². The molecule has 0 radical (unpaired) electrons. The zero-order valence-corrected chi connectivity index (χ0v) is 17.0. The molecule has 4 heteroatoms. The smallest absolute Gasteiger partial charge is 0.254 e. The van der Waals surface area contributed by atoms with E-state index in [0.29, 0.717) is 23.6 Å². The molecule has 0 saturated carbocycles. The van der Waals surface area contributed by atoms with Crippen molar-refractivity contribution in [2.45, 2.75) is 19.4 Å². The normalized spacial score (nSPS) is 15.6. The van der Waals surface area contributed by atoms with Crippen molar-refractivity contribution in [3.8, 4) is 11.5 Å². The van der Waals surface area contributed by atoms with Gasteiger partial charge in [0.2, 0.25) is 0 Å². The van der Waals surface area contributed by atoms with Crippen molar-refractivity contribution >= 4 is 5.91 Å². The van der Waals surface area contributed by atoms with Crippen molar-refractivity contribution in [2.75, 3.05) is 20.8 Å². The van der Waals surface area contributed by atoms with Crippen LogP contribution in [-0.2, 0) is 6.42 Å². The van der Waals surface area contributed by atoms with Gasteiger partial charge in [0.25, 0.3) is 5.91 Å². The van der Waals surface area contributed by atoms with Crippen LogP contribution in [0.15, 0.2) is 66.7 Å². The van der Waals surface area contributed by atoms with Crippen LogP contribution >= 0.6 is 0 Å². The van der Waals surface area contributed by atoms with Crippen molar-refractivity contribution in [2.24, 2.45) is 0 Å². The van der Waals surface area contributed by atoms with Crippen LogP contribution in [0.2, 0.25) is 0 Å². The van der Waals surface area contributed by atoms with Crippen LogP contribution < -0.4 is 9.47 Å². The number of fused-ring (bicyclic) bond motifs is 1. The summed E-state index contributed by atoms with van der Waals surface area (Å²) in [5.41, 5.74) is 5.37. The molecule has 29 heavy (non-hydrogen) atoms. The number of carbonyl (C=O) groups excluding carboxylic acids is 1.